The standard InChI is InChI=1S/C10H17N3O3/c1-10(2,3)16-9(15)13(5)8-11-7(14)6-12(8)4/h6H2,1-5H3. The summed E-state index contributed by atoms with van der Waals surface area (Å²) in [6.45, 7) is 5.54. The fourth-order valence-electron chi connectivity index (χ4n) is 1.25. The first-order valence-electron chi connectivity index (χ1n) is 5.00. The molecule has 6 nitrogen and oxygen atoms in total. The number of amides is 2. The average molecular weight is 227 g/mol. The Morgan fingerprint density at radius 1 is 1.50 bits per heavy atom. The first-order valence-corrected chi connectivity index (χ1v) is 5.00. The van der Waals surface area contributed by atoms with Crippen LogP contribution in [0.3, 0.4) is 0 Å². The van der Waals surface area contributed by atoms with Gasteiger partial charge in [-0.15, -0.1) is 0 Å². The number of ether oxygens (including phenoxy) is 1. The van der Waals surface area contributed by atoms with Gasteiger partial charge in [0.25, 0.3) is 5.91 Å². The van der Waals surface area contributed by atoms with Crippen molar-refractivity contribution in [1.29, 1.82) is 0 Å². The van der Waals surface area contributed by atoms with E-state index < -0.39 is 11.7 Å². The van der Waals surface area contributed by atoms with Gasteiger partial charge >= 0.3 is 6.09 Å². The van der Waals surface area contributed by atoms with Crippen LogP contribution in [0.25, 0.3) is 0 Å². The van der Waals surface area contributed by atoms with Gasteiger partial charge in [0.2, 0.25) is 5.96 Å². The van der Waals surface area contributed by atoms with Gasteiger partial charge < -0.3 is 9.64 Å². The molecule has 0 bridgehead atoms. The third-order valence-electron chi connectivity index (χ3n) is 1.91. The monoisotopic (exact) mass is 227 g/mol. The second kappa shape index (κ2) is 4.11. The van der Waals surface area contributed by atoms with Gasteiger partial charge in [-0.05, 0) is 20.8 Å². The zero-order chi connectivity index (χ0) is 12.5. The summed E-state index contributed by atoms with van der Waals surface area (Å²) in [7, 11) is 3.23. The number of guanidine groups is 1. The molecular weight excluding hydrogens is 210 g/mol. The summed E-state index contributed by atoms with van der Waals surface area (Å²) >= 11 is 0. The Bertz CT molecular complexity index is 344. The molecule has 1 aliphatic heterocycles. The molecule has 2 amide bonds. The quantitative estimate of drug-likeness (QED) is 0.610. The lowest BCUT2D eigenvalue weighted by molar-refractivity contribution is -0.116. The molecule has 0 aromatic rings. The molecule has 0 radical (unpaired) electrons. The number of rotatable bonds is 0. The van der Waals surface area contributed by atoms with Gasteiger partial charge in [0, 0.05) is 14.1 Å². The van der Waals surface area contributed by atoms with Crippen LogP contribution in [-0.2, 0) is 9.53 Å². The zero-order valence-electron chi connectivity index (χ0n) is 10.3. The fraction of sp³-hybridized carbons (Fsp3) is 0.700. The Morgan fingerprint density at radius 2 is 2.06 bits per heavy atom. The summed E-state index contributed by atoms with van der Waals surface area (Å²) in [6.07, 6.45) is -0.521. The van der Waals surface area contributed by atoms with Crippen LogP contribution in [-0.4, -0.2) is 54.0 Å². The van der Waals surface area contributed by atoms with Crippen LogP contribution < -0.4 is 0 Å². The molecular formula is C10H17N3O3. The van der Waals surface area contributed by atoms with Crippen LogP contribution in [0.15, 0.2) is 4.99 Å². The molecule has 1 rings (SSSR count). The summed E-state index contributed by atoms with van der Waals surface area (Å²) < 4.78 is 5.16. The maximum atomic E-state index is 11.7. The van der Waals surface area contributed by atoms with E-state index >= 15 is 0 Å². The highest BCUT2D eigenvalue weighted by Gasteiger charge is 2.29. The normalized spacial score (nSPS) is 16.2. The Balaban J connectivity index is 2.72. The number of likely N-dealkylation sites (N-methyl/N-ethyl adjacent to an activating group) is 1. The summed E-state index contributed by atoms with van der Waals surface area (Å²) in [5, 5.41) is 0. The van der Waals surface area contributed by atoms with Crippen LogP contribution in [0.4, 0.5) is 4.79 Å². The number of hydrogen-bond acceptors (Lipinski definition) is 4. The van der Waals surface area contributed by atoms with Crippen LogP contribution in [0.2, 0.25) is 0 Å². The van der Waals surface area contributed by atoms with E-state index in [2.05, 4.69) is 4.99 Å². The lowest BCUT2D eigenvalue weighted by atomic mass is 10.2. The summed E-state index contributed by atoms with van der Waals surface area (Å²) in [4.78, 5) is 29.3. The topological polar surface area (TPSA) is 62.2 Å². The third-order valence-corrected chi connectivity index (χ3v) is 1.91. The molecule has 0 N–H and O–H groups in total. The van der Waals surface area contributed by atoms with Gasteiger partial charge in [-0.1, -0.05) is 0 Å². The van der Waals surface area contributed by atoms with Crippen molar-refractivity contribution in [3.8, 4) is 0 Å². The van der Waals surface area contributed by atoms with Crippen molar-refractivity contribution in [3.63, 3.8) is 0 Å². The van der Waals surface area contributed by atoms with E-state index in [0.717, 1.165) is 0 Å². The zero-order valence-corrected chi connectivity index (χ0v) is 10.3. The lowest BCUT2D eigenvalue weighted by Crippen LogP contribution is -2.43. The van der Waals surface area contributed by atoms with Gasteiger partial charge in [-0.2, -0.15) is 4.99 Å². The van der Waals surface area contributed by atoms with Crippen molar-refractivity contribution in [2.75, 3.05) is 20.6 Å². The molecule has 90 valence electrons. The number of nitrogens with zero attached hydrogens (tertiary/aromatic N) is 3. The van der Waals surface area contributed by atoms with E-state index in [9.17, 15) is 9.59 Å². The van der Waals surface area contributed by atoms with Crippen LogP contribution in [0.1, 0.15) is 20.8 Å². The maximum Gasteiger partial charge on any atom is 0.416 e. The minimum atomic E-state index is -0.562. The Kier molecular flexibility index (Phi) is 3.21. The van der Waals surface area contributed by atoms with Crippen molar-refractivity contribution >= 4 is 18.0 Å². The third kappa shape index (κ3) is 2.95. The van der Waals surface area contributed by atoms with E-state index in [-0.39, 0.29) is 12.5 Å². The van der Waals surface area contributed by atoms with E-state index in [4.69, 9.17) is 4.74 Å². The molecule has 1 aliphatic rings. The summed E-state index contributed by atoms with van der Waals surface area (Å²) in [6, 6.07) is 0. The first-order chi connectivity index (χ1) is 7.20. The highest BCUT2D eigenvalue weighted by molar-refractivity contribution is 6.05. The van der Waals surface area contributed by atoms with Crippen molar-refractivity contribution < 1.29 is 14.3 Å². The molecule has 0 spiro atoms. The lowest BCUT2D eigenvalue weighted by Gasteiger charge is -2.26. The maximum absolute atomic E-state index is 11.7. The van der Waals surface area contributed by atoms with Gasteiger partial charge in [0.15, 0.2) is 0 Å². The second-order valence-electron chi connectivity index (χ2n) is 4.70. The van der Waals surface area contributed by atoms with Crippen molar-refractivity contribution in [3.05, 3.63) is 0 Å². The summed E-state index contributed by atoms with van der Waals surface area (Å²) in [5.41, 5.74) is -0.562. The molecule has 0 aromatic heterocycles. The van der Waals surface area contributed by atoms with E-state index in [1.54, 1.807) is 32.7 Å². The van der Waals surface area contributed by atoms with Gasteiger partial charge in [0.05, 0.1) is 0 Å². The molecule has 16 heavy (non-hydrogen) atoms. The molecule has 0 atom stereocenters. The van der Waals surface area contributed by atoms with Crippen LogP contribution >= 0.6 is 0 Å². The number of carbonyl (C=O) groups excluding carboxylic acids is 2. The predicted octanol–water partition coefficient (Wildman–Crippen LogP) is 0.681. The molecule has 0 saturated heterocycles. The number of aliphatic imine (C=N–C) groups is 1. The predicted molar refractivity (Wildman–Crippen MR) is 59.1 cm³/mol. The Labute approximate surface area is 94.9 Å². The van der Waals surface area contributed by atoms with Gasteiger partial charge in [0.1, 0.15) is 12.1 Å². The number of carbonyl (C=O) groups is 2. The highest BCUT2D eigenvalue weighted by Crippen LogP contribution is 2.11. The molecule has 0 fully saturated rings. The largest absolute Gasteiger partial charge is 0.443 e. The fourth-order valence-corrected chi connectivity index (χ4v) is 1.25. The Hall–Kier alpha value is -1.59. The van der Waals surface area contributed by atoms with E-state index in [0.29, 0.717) is 5.96 Å². The first kappa shape index (κ1) is 12.5. The number of hydrogen-bond donors (Lipinski definition) is 0. The van der Waals surface area contributed by atoms with Crippen LogP contribution in [0, 0.1) is 0 Å². The Morgan fingerprint density at radius 3 is 2.44 bits per heavy atom. The molecule has 0 saturated carbocycles. The molecule has 0 aliphatic carbocycles. The van der Waals surface area contributed by atoms with Crippen molar-refractivity contribution in [1.82, 2.24) is 9.80 Å². The van der Waals surface area contributed by atoms with Crippen LogP contribution in [0.5, 0.6) is 0 Å². The molecule has 0 unspecified atom stereocenters. The molecule has 0 aromatic carbocycles. The van der Waals surface area contributed by atoms with Gasteiger partial charge in [-0.25, -0.2) is 4.79 Å². The molecule has 6 heteroatoms. The summed E-state index contributed by atoms with van der Waals surface area (Å²) in [5.74, 6) is 0.0622. The SMILES string of the molecule is CN1CC(=O)N=C1N(C)C(=O)OC(C)(C)C. The average Bonchev–Trinajstić information content (AvgIpc) is 2.41. The second-order valence-corrected chi connectivity index (χ2v) is 4.70. The van der Waals surface area contributed by atoms with E-state index in [1.807, 2.05) is 0 Å². The minimum Gasteiger partial charge on any atom is -0.443 e. The van der Waals surface area contributed by atoms with E-state index in [1.165, 1.54) is 11.9 Å². The smallest absolute Gasteiger partial charge is 0.416 e. The molecule has 1 heterocycles. The van der Waals surface area contributed by atoms with Gasteiger partial charge in [-0.3, -0.25) is 9.69 Å². The minimum absolute atomic E-state index is 0.197. The van der Waals surface area contributed by atoms with Crippen molar-refractivity contribution in [2.45, 2.75) is 26.4 Å². The van der Waals surface area contributed by atoms with Crippen molar-refractivity contribution in [2.24, 2.45) is 4.99 Å². The highest BCUT2D eigenvalue weighted by atomic mass is 16.6.